The van der Waals surface area contributed by atoms with E-state index in [2.05, 4.69) is 10.5 Å². The number of amides is 1. The van der Waals surface area contributed by atoms with Crippen LogP contribution in [0, 0.1) is 24.0 Å². The number of aryl methyl sites for hydroxylation is 2. The van der Waals surface area contributed by atoms with Crippen LogP contribution in [0.25, 0.3) is 0 Å². The minimum absolute atomic E-state index is 0.0324. The molecule has 1 atom stereocenters. The van der Waals surface area contributed by atoms with Crippen LogP contribution in [-0.4, -0.2) is 47.9 Å². The second-order valence-corrected chi connectivity index (χ2v) is 8.61. The molecule has 1 amide bonds. The summed E-state index contributed by atoms with van der Waals surface area (Å²) in [7, 11) is -4.02. The molecule has 1 aliphatic rings. The quantitative estimate of drug-likeness (QED) is 0.512. The highest BCUT2D eigenvalue weighted by Gasteiger charge is 2.42. The van der Waals surface area contributed by atoms with Gasteiger partial charge >= 0.3 is 0 Å². The van der Waals surface area contributed by atoms with Gasteiger partial charge in [-0.15, -0.1) is 0 Å². The van der Waals surface area contributed by atoms with Gasteiger partial charge in [0.05, 0.1) is 17.6 Å². The first kappa shape index (κ1) is 21.7. The first-order valence-corrected chi connectivity index (χ1v) is 10.8. The number of nitro benzene ring substituents is 1. The molecule has 3 rings (SSSR count). The average Bonchev–Trinajstić information content (AvgIpc) is 3.30. The Balaban J connectivity index is 1.88. The highest BCUT2D eigenvalue weighted by Crippen LogP contribution is 2.32. The van der Waals surface area contributed by atoms with Gasteiger partial charge in [-0.25, -0.2) is 8.42 Å². The third-order valence-corrected chi connectivity index (χ3v) is 6.93. The van der Waals surface area contributed by atoms with E-state index in [1.165, 1.54) is 32.0 Å². The van der Waals surface area contributed by atoms with E-state index in [0.717, 1.165) is 4.31 Å². The van der Waals surface area contributed by atoms with Gasteiger partial charge in [0.15, 0.2) is 5.76 Å². The number of carbonyl (C=O) groups is 1. The van der Waals surface area contributed by atoms with Gasteiger partial charge in [0.2, 0.25) is 15.9 Å². The summed E-state index contributed by atoms with van der Waals surface area (Å²) >= 11 is 0. The number of hydrogen-bond donors (Lipinski definition) is 1. The number of hydrogen-bond acceptors (Lipinski definition) is 8. The Morgan fingerprint density at radius 3 is 2.77 bits per heavy atom. The normalized spacial score (nSPS) is 17.1. The average molecular weight is 438 g/mol. The fourth-order valence-electron chi connectivity index (χ4n) is 3.49. The topological polar surface area (TPSA) is 145 Å². The Labute approximate surface area is 173 Å². The lowest BCUT2D eigenvalue weighted by Crippen LogP contribution is -2.43. The van der Waals surface area contributed by atoms with E-state index in [4.69, 9.17) is 9.26 Å². The summed E-state index contributed by atoms with van der Waals surface area (Å²) in [6.07, 6.45) is 0.769. The maximum absolute atomic E-state index is 13.1. The van der Waals surface area contributed by atoms with E-state index in [-0.39, 0.29) is 34.3 Å². The number of anilines is 1. The van der Waals surface area contributed by atoms with E-state index in [0.29, 0.717) is 25.2 Å². The fourth-order valence-corrected chi connectivity index (χ4v) is 5.44. The number of carbonyl (C=O) groups excluding carboxylic acids is 1. The Morgan fingerprint density at radius 1 is 1.43 bits per heavy atom. The van der Waals surface area contributed by atoms with Crippen LogP contribution >= 0.6 is 0 Å². The molecule has 1 aromatic heterocycles. The fraction of sp³-hybridized carbons (Fsp3) is 0.444. The van der Waals surface area contributed by atoms with Gasteiger partial charge in [-0.3, -0.25) is 14.9 Å². The summed E-state index contributed by atoms with van der Waals surface area (Å²) < 4.78 is 37.6. The van der Waals surface area contributed by atoms with Crippen molar-refractivity contribution in [1.82, 2.24) is 9.46 Å². The molecule has 1 saturated heterocycles. The lowest BCUT2D eigenvalue weighted by molar-refractivity contribution is -0.384. The van der Waals surface area contributed by atoms with Crippen LogP contribution in [0.2, 0.25) is 0 Å². The minimum atomic E-state index is -4.02. The Hall–Kier alpha value is -2.99. The van der Waals surface area contributed by atoms with Gasteiger partial charge in [0, 0.05) is 6.54 Å². The SMILES string of the molecule is CCOc1ccc(NC(=O)C2CCCN2S(=O)(=O)c2c(C)noc2C)c([N+](=O)[O-])c1. The number of benzene rings is 1. The summed E-state index contributed by atoms with van der Waals surface area (Å²) in [5.41, 5.74) is -0.164. The summed E-state index contributed by atoms with van der Waals surface area (Å²) in [5, 5.41) is 17.6. The molecule has 30 heavy (non-hydrogen) atoms. The molecule has 0 aliphatic carbocycles. The standard InChI is InChI=1S/C18H22N4O7S/c1-4-28-13-7-8-14(16(10-13)22(24)25)19-18(23)15-6-5-9-21(15)30(26,27)17-11(2)20-29-12(17)3/h7-8,10,15H,4-6,9H2,1-3H3,(H,19,23). The van der Waals surface area contributed by atoms with Gasteiger partial charge in [-0.1, -0.05) is 5.16 Å². The molecule has 1 aromatic carbocycles. The largest absolute Gasteiger partial charge is 0.494 e. The van der Waals surface area contributed by atoms with Gasteiger partial charge in [0.25, 0.3) is 5.69 Å². The van der Waals surface area contributed by atoms with Crippen LogP contribution in [0.15, 0.2) is 27.6 Å². The van der Waals surface area contributed by atoms with Crippen LogP contribution in [0.4, 0.5) is 11.4 Å². The van der Waals surface area contributed by atoms with Crippen LogP contribution < -0.4 is 10.1 Å². The molecule has 1 fully saturated rings. The third kappa shape index (κ3) is 4.00. The van der Waals surface area contributed by atoms with Crippen molar-refractivity contribution in [3.8, 4) is 5.75 Å². The van der Waals surface area contributed by atoms with E-state index >= 15 is 0 Å². The van der Waals surface area contributed by atoms with Crippen molar-refractivity contribution in [3.05, 3.63) is 39.8 Å². The molecule has 1 N–H and O–H groups in total. The Kier molecular flexibility index (Phi) is 6.08. The van der Waals surface area contributed by atoms with Crippen molar-refractivity contribution in [2.75, 3.05) is 18.5 Å². The molecule has 0 radical (unpaired) electrons. The first-order chi connectivity index (χ1) is 14.2. The van der Waals surface area contributed by atoms with Crippen molar-refractivity contribution in [1.29, 1.82) is 0 Å². The van der Waals surface area contributed by atoms with Crippen LogP contribution in [0.5, 0.6) is 5.75 Å². The molecule has 2 heterocycles. The number of nitrogens with one attached hydrogen (secondary N) is 1. The maximum Gasteiger partial charge on any atom is 0.296 e. The van der Waals surface area contributed by atoms with E-state index in [9.17, 15) is 23.3 Å². The molecule has 162 valence electrons. The van der Waals surface area contributed by atoms with E-state index < -0.39 is 26.9 Å². The van der Waals surface area contributed by atoms with Gasteiger partial charge in [-0.05, 0) is 45.7 Å². The number of nitro groups is 1. The predicted molar refractivity (Wildman–Crippen MR) is 106 cm³/mol. The third-order valence-electron chi connectivity index (χ3n) is 4.78. The molecule has 1 unspecified atom stereocenters. The monoisotopic (exact) mass is 438 g/mol. The number of rotatable bonds is 7. The van der Waals surface area contributed by atoms with Crippen molar-refractivity contribution in [3.63, 3.8) is 0 Å². The van der Waals surface area contributed by atoms with Crippen LogP contribution in [0.1, 0.15) is 31.2 Å². The smallest absolute Gasteiger partial charge is 0.296 e. The first-order valence-electron chi connectivity index (χ1n) is 9.33. The van der Waals surface area contributed by atoms with Crippen molar-refractivity contribution >= 4 is 27.3 Å². The zero-order chi connectivity index (χ0) is 22.1. The number of ether oxygens (including phenoxy) is 1. The summed E-state index contributed by atoms with van der Waals surface area (Å²) in [5.74, 6) is -0.207. The molecule has 11 nitrogen and oxygen atoms in total. The van der Waals surface area contributed by atoms with Crippen LogP contribution in [-0.2, 0) is 14.8 Å². The van der Waals surface area contributed by atoms with Crippen molar-refractivity contribution in [2.24, 2.45) is 0 Å². The summed E-state index contributed by atoms with van der Waals surface area (Å²) in [6, 6.07) is 3.07. The molecular formula is C18H22N4O7S. The minimum Gasteiger partial charge on any atom is -0.494 e. The summed E-state index contributed by atoms with van der Waals surface area (Å²) in [4.78, 5) is 23.6. The second-order valence-electron chi connectivity index (χ2n) is 6.79. The van der Waals surface area contributed by atoms with Crippen LogP contribution in [0.3, 0.4) is 0 Å². The van der Waals surface area contributed by atoms with E-state index in [1.807, 2.05) is 0 Å². The zero-order valence-corrected chi connectivity index (χ0v) is 17.6. The predicted octanol–water partition coefficient (Wildman–Crippen LogP) is 2.39. The maximum atomic E-state index is 13.1. The van der Waals surface area contributed by atoms with E-state index in [1.54, 1.807) is 6.92 Å². The highest BCUT2D eigenvalue weighted by molar-refractivity contribution is 7.89. The lowest BCUT2D eigenvalue weighted by atomic mass is 10.2. The van der Waals surface area contributed by atoms with Crippen molar-refractivity contribution in [2.45, 2.75) is 44.6 Å². The highest BCUT2D eigenvalue weighted by atomic mass is 32.2. The molecule has 12 heteroatoms. The molecule has 0 saturated carbocycles. The molecular weight excluding hydrogens is 416 g/mol. The van der Waals surface area contributed by atoms with Crippen molar-refractivity contribution < 1.29 is 27.4 Å². The summed E-state index contributed by atoms with van der Waals surface area (Å²) in [6.45, 7) is 5.23. The number of aromatic nitrogens is 1. The second kappa shape index (κ2) is 8.40. The molecule has 0 spiro atoms. The van der Waals surface area contributed by atoms with Gasteiger partial charge in [-0.2, -0.15) is 4.31 Å². The molecule has 1 aliphatic heterocycles. The Bertz CT molecular complexity index is 1060. The molecule has 2 aromatic rings. The van der Waals surface area contributed by atoms with Gasteiger partial charge < -0.3 is 14.6 Å². The zero-order valence-electron chi connectivity index (χ0n) is 16.7. The Morgan fingerprint density at radius 2 is 2.17 bits per heavy atom. The lowest BCUT2D eigenvalue weighted by Gasteiger charge is -2.23. The molecule has 0 bridgehead atoms. The van der Waals surface area contributed by atoms with Gasteiger partial charge in [0.1, 0.15) is 28.1 Å². The number of nitrogens with zero attached hydrogens (tertiary/aromatic N) is 3. The number of sulfonamides is 1.